The minimum absolute atomic E-state index is 0.574. The molecule has 1 aliphatic rings. The SMILES string of the molecule is Cc1cc2c(s1)C=CC(C)C=C2. The number of hydrogen-bond acceptors (Lipinski definition) is 1. The fraction of sp³-hybridized carbons (Fsp3) is 0.273. The smallest absolute Gasteiger partial charge is 0.0342 e. The van der Waals surface area contributed by atoms with Crippen LogP contribution in [-0.4, -0.2) is 0 Å². The van der Waals surface area contributed by atoms with E-state index in [-0.39, 0.29) is 0 Å². The molecule has 1 heteroatoms. The summed E-state index contributed by atoms with van der Waals surface area (Å²) < 4.78 is 0. The number of fused-ring (bicyclic) bond motifs is 1. The van der Waals surface area contributed by atoms with Crippen LogP contribution in [0.4, 0.5) is 0 Å². The molecule has 0 saturated heterocycles. The second-order valence-electron chi connectivity index (χ2n) is 3.25. The van der Waals surface area contributed by atoms with Crippen LogP contribution in [0.2, 0.25) is 0 Å². The molecule has 0 nitrogen and oxygen atoms in total. The molecule has 1 aromatic rings. The lowest BCUT2D eigenvalue weighted by Crippen LogP contribution is -1.77. The summed E-state index contributed by atoms with van der Waals surface area (Å²) in [6.07, 6.45) is 8.95. The highest BCUT2D eigenvalue weighted by Crippen LogP contribution is 2.27. The second-order valence-corrected chi connectivity index (χ2v) is 4.54. The van der Waals surface area contributed by atoms with Crippen molar-refractivity contribution in [2.45, 2.75) is 13.8 Å². The van der Waals surface area contributed by atoms with Crippen molar-refractivity contribution in [3.05, 3.63) is 33.5 Å². The highest BCUT2D eigenvalue weighted by Gasteiger charge is 2.04. The third kappa shape index (κ3) is 1.37. The summed E-state index contributed by atoms with van der Waals surface area (Å²) >= 11 is 1.87. The van der Waals surface area contributed by atoms with E-state index in [0.29, 0.717) is 5.92 Å². The maximum atomic E-state index is 2.25. The van der Waals surface area contributed by atoms with E-state index >= 15 is 0 Å². The molecule has 0 N–H and O–H groups in total. The van der Waals surface area contributed by atoms with Gasteiger partial charge in [0.05, 0.1) is 0 Å². The van der Waals surface area contributed by atoms with Gasteiger partial charge in [-0.05, 0) is 30.5 Å². The first kappa shape index (κ1) is 7.81. The first-order valence-electron chi connectivity index (χ1n) is 4.22. The first-order valence-corrected chi connectivity index (χ1v) is 5.04. The lowest BCUT2D eigenvalue weighted by molar-refractivity contribution is 0.954. The molecule has 1 unspecified atom stereocenters. The van der Waals surface area contributed by atoms with Gasteiger partial charge >= 0.3 is 0 Å². The Bertz CT molecular complexity index is 310. The van der Waals surface area contributed by atoms with Crippen LogP contribution >= 0.6 is 11.3 Å². The van der Waals surface area contributed by atoms with Crippen molar-refractivity contribution in [1.82, 2.24) is 0 Å². The van der Waals surface area contributed by atoms with Crippen molar-refractivity contribution in [2.75, 3.05) is 0 Å². The molecule has 1 aliphatic carbocycles. The summed E-state index contributed by atoms with van der Waals surface area (Å²) in [5, 5.41) is 0. The molecule has 0 fully saturated rings. The van der Waals surface area contributed by atoms with Crippen molar-refractivity contribution in [1.29, 1.82) is 0 Å². The standard InChI is InChI=1S/C11H12S/c1-8-3-5-10-7-9(2)12-11(10)6-4-8/h3-8H,1-2H3. The average molecular weight is 176 g/mol. The van der Waals surface area contributed by atoms with Crippen molar-refractivity contribution in [3.8, 4) is 0 Å². The zero-order valence-electron chi connectivity index (χ0n) is 7.37. The minimum atomic E-state index is 0.574. The molecule has 62 valence electrons. The molecular weight excluding hydrogens is 164 g/mol. The first-order chi connectivity index (χ1) is 5.75. The van der Waals surface area contributed by atoms with Crippen molar-refractivity contribution < 1.29 is 0 Å². The normalized spacial score (nSPS) is 20.7. The number of aryl methyl sites for hydroxylation is 1. The number of hydrogen-bond donors (Lipinski definition) is 0. The lowest BCUT2D eigenvalue weighted by Gasteiger charge is -1.91. The molecule has 0 aromatic carbocycles. The average Bonchev–Trinajstić information content (AvgIpc) is 2.31. The number of rotatable bonds is 0. The predicted molar refractivity (Wildman–Crippen MR) is 56.3 cm³/mol. The highest BCUT2D eigenvalue weighted by atomic mass is 32.1. The molecule has 0 aliphatic heterocycles. The van der Waals surface area contributed by atoms with Crippen LogP contribution in [0.25, 0.3) is 12.2 Å². The Morgan fingerprint density at radius 2 is 2.00 bits per heavy atom. The topological polar surface area (TPSA) is 0 Å². The van der Waals surface area contributed by atoms with E-state index in [0.717, 1.165) is 0 Å². The van der Waals surface area contributed by atoms with Crippen LogP contribution in [0, 0.1) is 12.8 Å². The Labute approximate surface area is 77.2 Å². The molecular formula is C11H12S. The van der Waals surface area contributed by atoms with Gasteiger partial charge in [0, 0.05) is 9.75 Å². The Kier molecular flexibility index (Phi) is 1.89. The number of thiophene rings is 1. The van der Waals surface area contributed by atoms with Crippen LogP contribution < -0.4 is 0 Å². The summed E-state index contributed by atoms with van der Waals surface area (Å²) in [7, 11) is 0. The Morgan fingerprint density at radius 1 is 1.25 bits per heavy atom. The quantitative estimate of drug-likeness (QED) is 0.565. The van der Waals surface area contributed by atoms with Gasteiger partial charge in [0.15, 0.2) is 0 Å². The largest absolute Gasteiger partial charge is 0.141 e. The fourth-order valence-electron chi connectivity index (χ4n) is 1.37. The second kappa shape index (κ2) is 2.91. The van der Waals surface area contributed by atoms with E-state index < -0.39 is 0 Å². The van der Waals surface area contributed by atoms with Crippen LogP contribution in [0.15, 0.2) is 18.2 Å². The molecule has 1 aromatic heterocycles. The van der Waals surface area contributed by atoms with E-state index in [1.807, 2.05) is 11.3 Å². The molecule has 0 radical (unpaired) electrons. The summed E-state index contributed by atoms with van der Waals surface area (Å²) in [6, 6.07) is 2.25. The molecule has 0 bridgehead atoms. The van der Waals surface area contributed by atoms with Crippen molar-refractivity contribution in [2.24, 2.45) is 5.92 Å². The van der Waals surface area contributed by atoms with E-state index in [9.17, 15) is 0 Å². The Balaban J connectivity index is 2.49. The molecule has 0 spiro atoms. The van der Waals surface area contributed by atoms with Gasteiger partial charge < -0.3 is 0 Å². The molecule has 2 rings (SSSR count). The lowest BCUT2D eigenvalue weighted by atomic mass is 10.1. The summed E-state index contributed by atoms with van der Waals surface area (Å²) in [5.74, 6) is 0.574. The van der Waals surface area contributed by atoms with Crippen molar-refractivity contribution >= 4 is 23.5 Å². The molecule has 1 heterocycles. The van der Waals surface area contributed by atoms with Crippen LogP contribution in [-0.2, 0) is 0 Å². The molecule has 0 saturated carbocycles. The van der Waals surface area contributed by atoms with Crippen LogP contribution in [0.3, 0.4) is 0 Å². The van der Waals surface area contributed by atoms with Gasteiger partial charge in [-0.3, -0.25) is 0 Å². The van der Waals surface area contributed by atoms with E-state index in [1.54, 1.807) is 0 Å². The maximum absolute atomic E-state index is 2.25. The fourth-order valence-corrected chi connectivity index (χ4v) is 2.30. The van der Waals surface area contributed by atoms with Gasteiger partial charge in [0.2, 0.25) is 0 Å². The number of allylic oxidation sites excluding steroid dienone is 2. The third-order valence-corrected chi connectivity index (χ3v) is 3.08. The highest BCUT2D eigenvalue weighted by molar-refractivity contribution is 7.13. The molecule has 12 heavy (non-hydrogen) atoms. The molecule has 0 amide bonds. The van der Waals surface area contributed by atoms with Gasteiger partial charge in [0.25, 0.3) is 0 Å². The third-order valence-electron chi connectivity index (χ3n) is 2.04. The molecule has 1 atom stereocenters. The van der Waals surface area contributed by atoms with Crippen LogP contribution in [0.5, 0.6) is 0 Å². The van der Waals surface area contributed by atoms with Gasteiger partial charge in [0.1, 0.15) is 0 Å². The van der Waals surface area contributed by atoms with Gasteiger partial charge in [-0.1, -0.05) is 25.2 Å². The summed E-state index contributed by atoms with van der Waals surface area (Å²) in [6.45, 7) is 4.36. The predicted octanol–water partition coefficient (Wildman–Crippen LogP) is 3.73. The van der Waals surface area contributed by atoms with E-state index in [1.165, 1.54) is 15.3 Å². The Morgan fingerprint density at radius 3 is 2.83 bits per heavy atom. The van der Waals surface area contributed by atoms with E-state index in [2.05, 4.69) is 44.2 Å². The zero-order chi connectivity index (χ0) is 8.55. The minimum Gasteiger partial charge on any atom is -0.141 e. The maximum Gasteiger partial charge on any atom is 0.0342 e. The van der Waals surface area contributed by atoms with Gasteiger partial charge in [-0.25, -0.2) is 0 Å². The summed E-state index contributed by atoms with van der Waals surface area (Å²) in [4.78, 5) is 2.79. The zero-order valence-corrected chi connectivity index (χ0v) is 8.19. The van der Waals surface area contributed by atoms with Crippen LogP contribution in [0.1, 0.15) is 22.2 Å². The van der Waals surface area contributed by atoms with E-state index in [4.69, 9.17) is 0 Å². The monoisotopic (exact) mass is 176 g/mol. The van der Waals surface area contributed by atoms with Crippen molar-refractivity contribution in [3.63, 3.8) is 0 Å². The Hall–Kier alpha value is -0.820. The van der Waals surface area contributed by atoms with Gasteiger partial charge in [-0.15, -0.1) is 11.3 Å². The summed E-state index contributed by atoms with van der Waals surface area (Å²) in [5.41, 5.74) is 1.37. The van der Waals surface area contributed by atoms with Gasteiger partial charge in [-0.2, -0.15) is 0 Å².